The van der Waals surface area contributed by atoms with E-state index in [1.54, 1.807) is 146 Å². The number of aliphatic hydroxyl groups is 1. The van der Waals surface area contributed by atoms with Gasteiger partial charge in [0.05, 0.1) is 0 Å². The minimum absolute atomic E-state index is 0.000164. The van der Waals surface area contributed by atoms with Gasteiger partial charge in [-0.1, -0.05) is 154 Å². The van der Waals surface area contributed by atoms with Crippen LogP contribution in [-0.4, -0.2) is 99.0 Å². The van der Waals surface area contributed by atoms with Crippen LogP contribution < -0.4 is 16.4 Å². The molecule has 1 unspecified atom stereocenters. The van der Waals surface area contributed by atoms with Gasteiger partial charge in [0, 0.05) is 154 Å². The van der Waals surface area contributed by atoms with Crippen LogP contribution in [-0.2, 0) is 12.8 Å². The number of Topliss-reactive ketones (excluding diaryl/α,β-unsaturated/α-hetero) is 1. The van der Waals surface area contributed by atoms with Crippen molar-refractivity contribution in [1.82, 2.24) is 48.3 Å². The number of hydrogen-bond donors (Lipinski definition) is 5. The van der Waals surface area contributed by atoms with Gasteiger partial charge in [0.1, 0.15) is 45.8 Å². The first-order valence-corrected chi connectivity index (χ1v) is 46.3. The fourth-order valence-electron chi connectivity index (χ4n) is 15.5. The quantitative estimate of drug-likeness (QED) is 0.0147. The van der Waals surface area contributed by atoms with Crippen molar-refractivity contribution in [1.29, 1.82) is 0 Å². The summed E-state index contributed by atoms with van der Waals surface area (Å²) >= 11 is 34.7. The molecule has 0 radical (unpaired) electrons. The number of ketones is 1. The number of aromatic amines is 1. The minimum Gasteiger partial charge on any atom is -0.399 e. The van der Waals surface area contributed by atoms with E-state index in [0.29, 0.717) is 83.1 Å². The molecule has 28 heteroatoms. The van der Waals surface area contributed by atoms with Crippen molar-refractivity contribution in [3.05, 3.63) is 329 Å². The molecule has 0 spiro atoms. The van der Waals surface area contributed by atoms with E-state index in [1.165, 1.54) is 6.20 Å². The molecule has 0 aliphatic carbocycles. The molecular weight excluding hydrogens is 1760 g/mol. The van der Waals surface area contributed by atoms with Gasteiger partial charge in [-0.3, -0.25) is 43.9 Å². The molecule has 0 bridgehead atoms. The van der Waals surface area contributed by atoms with E-state index in [2.05, 4.69) is 181 Å². The van der Waals surface area contributed by atoms with E-state index in [4.69, 9.17) is 68.7 Å². The van der Waals surface area contributed by atoms with Crippen LogP contribution in [0, 0.1) is 0 Å². The van der Waals surface area contributed by atoms with Gasteiger partial charge in [-0.05, 0) is 251 Å². The minimum atomic E-state index is -2.09. The molecule has 6 N–H and O–H groups in total. The summed E-state index contributed by atoms with van der Waals surface area (Å²) in [6.07, 6.45) is 19.1. The Kier molecular flexibility index (Phi) is 33.9. The highest BCUT2D eigenvalue weighted by molar-refractivity contribution is 9.10. The summed E-state index contributed by atoms with van der Waals surface area (Å²) in [5.41, 5.74) is 20.0. The fourth-order valence-corrected chi connectivity index (χ4v) is 29.7. The van der Waals surface area contributed by atoms with Crippen molar-refractivity contribution in [2.24, 2.45) is 0 Å². The molecule has 19 nitrogen and oxygen atoms in total. The average Bonchev–Trinajstić information content (AvgIpc) is 1.64. The highest BCUT2D eigenvalue weighted by Gasteiger charge is 2.48. The lowest BCUT2D eigenvalue weighted by Gasteiger charge is -2.44. The highest BCUT2D eigenvalue weighted by atomic mass is 79.9. The second-order valence-electron chi connectivity index (χ2n) is 30.0. The van der Waals surface area contributed by atoms with E-state index in [9.17, 15) is 29.1 Å². The van der Waals surface area contributed by atoms with Crippen molar-refractivity contribution in [3.63, 3.8) is 0 Å². The summed E-state index contributed by atoms with van der Waals surface area (Å²) < 4.78 is 6.50. The molecule has 119 heavy (non-hydrogen) atoms. The number of hydrogen-bond acceptors (Lipinski definition) is 14. The maximum absolute atomic E-state index is 12.7. The number of nitrogens with one attached hydrogen (secondary N) is 3. The zero-order valence-corrected chi connectivity index (χ0v) is 76.8. The van der Waals surface area contributed by atoms with Gasteiger partial charge in [0.15, 0.2) is 28.5 Å². The van der Waals surface area contributed by atoms with Gasteiger partial charge in [-0.15, -0.1) is 0 Å². The monoisotopic (exact) mass is 1850 g/mol. The SMILES string of the molecule is CC(C)[Si](C(C)C)(C(C)C)n1cc(C(O)c2ccc(C(=O)Nc3ccc(Cl)cc3)nc2)c2cccnc21.CC(C)[Si](C(C)C)(C(C)C)n1cc(C=O)c2cccnc21.Nc1ccc(Cl)cc1.O=C(Cc1ccc(Cl)cc1)c1ccc(Br)cn1.O=C(Cl)c1ccc(Br)cn1.O=C(Nc1ccc(Cl)cc1)c1ccc(Cc2c[nH]c3ncccc23)cn1. The molecule has 10 aromatic heterocycles. The summed E-state index contributed by atoms with van der Waals surface area (Å²) in [6.45, 7) is 27.8. The molecule has 0 aliphatic rings. The number of nitrogens with zero attached hydrogens (tertiary/aromatic N) is 9. The number of halogens is 7. The van der Waals surface area contributed by atoms with Crippen molar-refractivity contribution in [2.75, 3.05) is 16.4 Å². The van der Waals surface area contributed by atoms with Crippen LogP contribution >= 0.6 is 89.9 Å². The van der Waals surface area contributed by atoms with E-state index >= 15 is 0 Å². The smallest absolute Gasteiger partial charge is 0.274 e. The van der Waals surface area contributed by atoms with Gasteiger partial charge in [-0.25, -0.2) is 15.0 Å². The van der Waals surface area contributed by atoms with Crippen LogP contribution in [0.4, 0.5) is 17.1 Å². The first-order valence-electron chi connectivity index (χ1n) is 38.5. The molecule has 14 aromatic rings. The third-order valence-electron chi connectivity index (χ3n) is 20.6. The Morgan fingerprint density at radius 2 is 0.891 bits per heavy atom. The maximum Gasteiger partial charge on any atom is 0.274 e. The van der Waals surface area contributed by atoms with E-state index < -0.39 is 27.8 Å². The number of nitrogen functional groups attached to an aromatic ring is 1. The van der Waals surface area contributed by atoms with Crippen molar-refractivity contribution >= 4 is 186 Å². The van der Waals surface area contributed by atoms with Gasteiger partial charge < -0.3 is 34.9 Å². The lowest BCUT2D eigenvalue weighted by molar-refractivity contribution is 0.0984. The van der Waals surface area contributed by atoms with Crippen molar-refractivity contribution in [2.45, 2.75) is 135 Å². The third kappa shape index (κ3) is 23.8. The molecule has 616 valence electrons. The zero-order valence-electron chi connectivity index (χ0n) is 67.9. The first-order chi connectivity index (χ1) is 56.8. The molecule has 2 amide bonds. The predicted octanol–water partition coefficient (Wildman–Crippen LogP) is 24.8. The molecule has 4 aromatic carbocycles. The first kappa shape index (κ1) is 93.0. The van der Waals surface area contributed by atoms with Crippen molar-refractivity contribution in [3.8, 4) is 0 Å². The van der Waals surface area contributed by atoms with Crippen LogP contribution in [0.2, 0.25) is 53.3 Å². The normalized spacial score (nSPS) is 11.5. The van der Waals surface area contributed by atoms with Crippen LogP contribution in [0.15, 0.2) is 253 Å². The number of anilines is 3. The molecule has 0 fully saturated rings. The molecule has 14 rings (SSSR count). The van der Waals surface area contributed by atoms with E-state index in [-0.39, 0.29) is 29.0 Å². The number of aromatic nitrogens is 10. The van der Waals surface area contributed by atoms with E-state index in [1.807, 2.05) is 79.3 Å². The second-order valence-corrected chi connectivity index (χ2v) is 45.4. The fraction of sp³-hybridized carbons (Fsp3) is 0.231. The second kappa shape index (κ2) is 43.4. The Labute approximate surface area is 737 Å². The third-order valence-corrected chi connectivity index (χ3v) is 36.2. The Balaban J connectivity index is 0.000000173. The molecule has 0 aliphatic heterocycles. The number of aliphatic hydroxyl groups excluding tert-OH is 1. The number of fused-ring (bicyclic) bond motifs is 3. The summed E-state index contributed by atoms with van der Waals surface area (Å²) in [7, 11) is -3.96. The van der Waals surface area contributed by atoms with E-state index in [0.717, 1.165) is 93.3 Å². The Bertz CT molecular complexity index is 5640. The molecule has 1 atom stereocenters. The number of rotatable bonds is 21. The number of carbonyl (C=O) groups excluding carboxylic acids is 5. The molecule has 0 saturated heterocycles. The molecule has 0 saturated carbocycles. The lowest BCUT2D eigenvalue weighted by Crippen LogP contribution is -2.51. The van der Waals surface area contributed by atoms with Crippen molar-refractivity contribution < 1.29 is 29.1 Å². The standard InChI is InChI=1S/C29H35ClN4O2Si.C20H15ClN4O.C17H26N2OSi.C13H9BrClNO.C6H3BrClNO.C6H6ClN/c1-18(2)37(19(3)4,20(5)6)34-17-25(24-8-7-15-31-28(24)34)27(35)21-9-14-26(32-16-21)29(36)33-23-12-10-22(30)11-13-23;21-15-4-6-16(7-5-15)25-20(26)18-8-3-13(11-23-18)10-14-12-24-19-17(14)2-1-9-22-19;1-12(2)21(13(3)4,14(5)6)19-10-15(11-20)16-8-7-9-18-17(16)19;14-10-3-6-12(16-8-10)13(17)7-9-1-4-11(15)5-2-9;7-4-1-2-5(6(8)10)9-3-4;7-5-1-3-6(8)4-2-5/h7-20,27,35H,1-6H3,(H,33,36);1-9,11-12H,10H2,(H,22,24)(H,25,26);7-14H,1-6H3;1-6,8H,7H2;1-3H;1-4H,8H2. The number of carbonyl (C=O) groups is 5. The number of pyridine rings is 7. The number of nitrogens with two attached hydrogens (primary N) is 1. The Hall–Kier alpha value is -9.90. The van der Waals surface area contributed by atoms with Crippen LogP contribution in [0.25, 0.3) is 33.1 Å². The number of benzene rings is 4. The predicted molar refractivity (Wildman–Crippen MR) is 497 cm³/mol. The summed E-state index contributed by atoms with van der Waals surface area (Å²) in [6, 6.07) is 53.8. The molecular formula is C91H94Br2Cl5N13O6Si2. The average molecular weight is 1860 g/mol. The molecule has 10 heterocycles. The largest absolute Gasteiger partial charge is 0.399 e. The number of amides is 2. The number of aldehydes is 1. The summed E-state index contributed by atoms with van der Waals surface area (Å²) in [5.74, 6) is -0.583. The number of H-pyrrole nitrogens is 1. The van der Waals surface area contributed by atoms with Crippen LogP contribution in [0.5, 0.6) is 0 Å². The zero-order chi connectivity index (χ0) is 86.4. The van der Waals surface area contributed by atoms with Crippen LogP contribution in [0.3, 0.4) is 0 Å². The highest BCUT2D eigenvalue weighted by Crippen LogP contribution is 2.47. The maximum atomic E-state index is 12.7. The lowest BCUT2D eigenvalue weighted by atomic mass is 10.0. The summed E-state index contributed by atoms with van der Waals surface area (Å²) in [4.78, 5) is 92.0. The van der Waals surface area contributed by atoms with Gasteiger partial charge in [0.2, 0.25) is 0 Å². The van der Waals surface area contributed by atoms with Gasteiger partial charge in [-0.2, -0.15) is 0 Å². The van der Waals surface area contributed by atoms with Gasteiger partial charge >= 0.3 is 0 Å². The Morgan fingerprint density at radius 3 is 1.33 bits per heavy atom. The van der Waals surface area contributed by atoms with Gasteiger partial charge in [0.25, 0.3) is 17.1 Å². The Morgan fingerprint density at radius 1 is 0.479 bits per heavy atom. The van der Waals surface area contributed by atoms with Crippen LogP contribution in [0.1, 0.15) is 169 Å². The topological polar surface area (TPSA) is 272 Å². The summed E-state index contributed by atoms with van der Waals surface area (Å²) in [5, 5.41) is 22.2.